The lowest BCUT2D eigenvalue weighted by Crippen LogP contribution is -2.41. The highest BCUT2D eigenvalue weighted by molar-refractivity contribution is 5.96. The van der Waals surface area contributed by atoms with Gasteiger partial charge < -0.3 is 20.9 Å². The molecule has 2 saturated carbocycles. The van der Waals surface area contributed by atoms with E-state index in [-0.39, 0.29) is 23.6 Å². The zero-order valence-electron chi connectivity index (χ0n) is 24.8. The normalized spacial score (nSPS) is 21.2. The standard InChI is InChI=1S/C34H34FN7O2/c1-17-11-20(5-8-24(17)32(37)43)26-9-6-21-13-28(40(33(21)38-26)14-19-3-4-19)30-18(2)31-25(35)12-23(16-42(31)39-30)34(44)41-15-22-7-10-27(41)29(22)36/h5-6,8-9,11-13,16,19,22,27,29H,3-4,7,10,14-15,36H2,1-2H3,(H2,37,43)/t22?,27?,29-/m1/s1. The summed E-state index contributed by atoms with van der Waals surface area (Å²) in [5, 5.41) is 5.83. The molecule has 5 aromatic rings. The van der Waals surface area contributed by atoms with Gasteiger partial charge in [-0.15, -0.1) is 0 Å². The summed E-state index contributed by atoms with van der Waals surface area (Å²) < 4.78 is 19.4. The molecule has 2 aliphatic carbocycles. The number of carbonyl (C=O) groups is 2. The Morgan fingerprint density at radius 1 is 1.05 bits per heavy atom. The second kappa shape index (κ2) is 9.72. The van der Waals surface area contributed by atoms with Gasteiger partial charge in [-0.2, -0.15) is 5.10 Å². The van der Waals surface area contributed by atoms with Crippen molar-refractivity contribution in [3.63, 3.8) is 0 Å². The van der Waals surface area contributed by atoms with Gasteiger partial charge in [0, 0.05) is 53.4 Å². The Balaban J connectivity index is 1.21. The van der Waals surface area contributed by atoms with E-state index in [1.165, 1.54) is 10.6 Å². The van der Waals surface area contributed by atoms with E-state index < -0.39 is 11.7 Å². The minimum atomic E-state index is -0.471. The number of likely N-dealkylation sites (tertiary alicyclic amines) is 1. The highest BCUT2D eigenvalue weighted by Crippen LogP contribution is 2.39. The Bertz CT molecular complexity index is 2020. The van der Waals surface area contributed by atoms with E-state index in [9.17, 15) is 9.59 Å². The van der Waals surface area contributed by atoms with E-state index in [4.69, 9.17) is 21.5 Å². The first-order valence-corrected chi connectivity index (χ1v) is 15.3. The van der Waals surface area contributed by atoms with Crippen molar-refractivity contribution in [2.45, 2.75) is 58.2 Å². The predicted molar refractivity (Wildman–Crippen MR) is 166 cm³/mol. The number of primary amides is 1. The number of piperidine rings is 1. The molecule has 3 atom stereocenters. The number of nitrogens with zero attached hydrogens (tertiary/aromatic N) is 5. The molecular formula is C34H34FN7O2. The van der Waals surface area contributed by atoms with Crippen molar-refractivity contribution in [1.29, 1.82) is 0 Å². The third-order valence-electron chi connectivity index (χ3n) is 9.99. The molecule has 4 N–H and O–H groups in total. The first kappa shape index (κ1) is 27.0. The molecule has 4 aromatic heterocycles. The Morgan fingerprint density at radius 2 is 1.86 bits per heavy atom. The van der Waals surface area contributed by atoms with E-state index in [1.807, 2.05) is 43.0 Å². The van der Waals surface area contributed by atoms with Gasteiger partial charge in [-0.3, -0.25) is 9.59 Å². The summed E-state index contributed by atoms with van der Waals surface area (Å²) in [5.41, 5.74) is 18.5. The lowest BCUT2D eigenvalue weighted by molar-refractivity contribution is 0.0699. The number of hydrogen-bond donors (Lipinski definition) is 2. The molecule has 224 valence electrons. The van der Waals surface area contributed by atoms with Crippen molar-refractivity contribution in [3.05, 3.63) is 76.7 Å². The van der Waals surface area contributed by atoms with Gasteiger partial charge in [0.1, 0.15) is 22.7 Å². The number of fused-ring (bicyclic) bond motifs is 4. The quantitative estimate of drug-likeness (QED) is 0.292. The number of halogens is 1. The van der Waals surface area contributed by atoms with E-state index in [0.717, 1.165) is 65.8 Å². The Kier molecular flexibility index (Phi) is 5.97. The fraction of sp³-hybridized carbons (Fsp3) is 0.353. The van der Waals surface area contributed by atoms with E-state index in [2.05, 4.69) is 10.6 Å². The minimum Gasteiger partial charge on any atom is -0.366 e. The zero-order chi connectivity index (χ0) is 30.4. The van der Waals surface area contributed by atoms with Crippen LogP contribution in [0.15, 0.2) is 48.7 Å². The van der Waals surface area contributed by atoms with Crippen molar-refractivity contribution in [3.8, 4) is 22.6 Å². The van der Waals surface area contributed by atoms with Crippen LogP contribution in [0.25, 0.3) is 39.2 Å². The van der Waals surface area contributed by atoms with Crippen LogP contribution in [0.4, 0.5) is 4.39 Å². The van der Waals surface area contributed by atoms with Gasteiger partial charge >= 0.3 is 0 Å². The molecule has 2 unspecified atom stereocenters. The van der Waals surface area contributed by atoms with Crippen LogP contribution in [0.2, 0.25) is 0 Å². The third kappa shape index (κ3) is 4.15. The molecule has 2 bridgehead atoms. The molecule has 0 radical (unpaired) electrons. The number of hydrogen-bond acceptors (Lipinski definition) is 5. The summed E-state index contributed by atoms with van der Waals surface area (Å²) in [6.45, 7) is 5.15. The lowest BCUT2D eigenvalue weighted by Gasteiger charge is -2.27. The van der Waals surface area contributed by atoms with Gasteiger partial charge in [0.25, 0.3) is 5.91 Å². The van der Waals surface area contributed by atoms with Crippen molar-refractivity contribution in [2.75, 3.05) is 6.54 Å². The Hall–Kier alpha value is -4.57. The lowest BCUT2D eigenvalue weighted by atomic mass is 10.0. The molecule has 1 saturated heterocycles. The summed E-state index contributed by atoms with van der Waals surface area (Å²) >= 11 is 0. The van der Waals surface area contributed by atoms with Gasteiger partial charge in [0.2, 0.25) is 5.91 Å². The molecule has 9 nitrogen and oxygen atoms in total. The number of rotatable bonds is 6. The van der Waals surface area contributed by atoms with Gasteiger partial charge in [0.15, 0.2) is 0 Å². The fourth-order valence-corrected chi connectivity index (χ4v) is 7.41. The topological polar surface area (TPSA) is 125 Å². The molecule has 3 aliphatic rings. The van der Waals surface area contributed by atoms with Crippen molar-refractivity contribution in [2.24, 2.45) is 23.3 Å². The fourth-order valence-electron chi connectivity index (χ4n) is 7.41. The van der Waals surface area contributed by atoms with Gasteiger partial charge in [-0.05, 0) is 93.3 Å². The highest BCUT2D eigenvalue weighted by atomic mass is 19.1. The summed E-state index contributed by atoms with van der Waals surface area (Å²) in [6.07, 6.45) is 5.89. The number of nitrogens with two attached hydrogens (primary N) is 2. The summed E-state index contributed by atoms with van der Waals surface area (Å²) in [4.78, 5) is 32.1. The molecule has 44 heavy (non-hydrogen) atoms. The molecule has 1 aromatic carbocycles. The van der Waals surface area contributed by atoms with Crippen molar-refractivity contribution < 1.29 is 14.0 Å². The van der Waals surface area contributed by atoms with Crippen LogP contribution >= 0.6 is 0 Å². The number of pyridine rings is 2. The van der Waals surface area contributed by atoms with E-state index in [0.29, 0.717) is 40.7 Å². The zero-order valence-corrected chi connectivity index (χ0v) is 24.8. The number of carbonyl (C=O) groups excluding carboxylic acids is 2. The maximum absolute atomic E-state index is 15.7. The maximum atomic E-state index is 15.7. The number of aryl methyl sites for hydroxylation is 2. The molecule has 3 fully saturated rings. The largest absolute Gasteiger partial charge is 0.366 e. The monoisotopic (exact) mass is 591 g/mol. The smallest absolute Gasteiger partial charge is 0.255 e. The summed E-state index contributed by atoms with van der Waals surface area (Å²) in [5.74, 6) is -0.254. The number of aromatic nitrogens is 4. The maximum Gasteiger partial charge on any atom is 0.255 e. The first-order valence-electron chi connectivity index (χ1n) is 15.3. The molecule has 8 rings (SSSR count). The average Bonchev–Trinajstić information content (AvgIpc) is 3.40. The Morgan fingerprint density at radius 3 is 2.55 bits per heavy atom. The average molecular weight is 592 g/mol. The van der Waals surface area contributed by atoms with Crippen LogP contribution in [0, 0.1) is 31.5 Å². The van der Waals surface area contributed by atoms with E-state index >= 15 is 4.39 Å². The van der Waals surface area contributed by atoms with Crippen LogP contribution in [-0.2, 0) is 6.54 Å². The molecule has 0 spiro atoms. The molecule has 2 amide bonds. The third-order valence-corrected chi connectivity index (χ3v) is 9.99. The second-order valence-corrected chi connectivity index (χ2v) is 12.9. The Labute approximate surface area is 253 Å². The molecule has 5 heterocycles. The molecular weight excluding hydrogens is 557 g/mol. The van der Waals surface area contributed by atoms with Gasteiger partial charge in [0.05, 0.1) is 17.0 Å². The van der Waals surface area contributed by atoms with Crippen LogP contribution in [0.1, 0.15) is 57.5 Å². The second-order valence-electron chi connectivity index (χ2n) is 12.9. The number of benzene rings is 1. The number of amides is 2. The molecule has 1 aliphatic heterocycles. The minimum absolute atomic E-state index is 0.00730. The predicted octanol–water partition coefficient (Wildman–Crippen LogP) is 4.84. The van der Waals surface area contributed by atoms with Crippen LogP contribution in [-0.4, -0.2) is 54.5 Å². The van der Waals surface area contributed by atoms with Crippen LogP contribution in [0.5, 0.6) is 0 Å². The van der Waals surface area contributed by atoms with Crippen LogP contribution in [0.3, 0.4) is 0 Å². The van der Waals surface area contributed by atoms with Crippen LogP contribution < -0.4 is 11.5 Å². The SMILES string of the molecule is Cc1cc(-c2ccc3cc(-c4nn5cc(C(=O)N6CC7CCC6[C@@H]7N)cc(F)c5c4C)n(CC4CC4)c3n2)ccc1C(N)=O. The van der Waals surface area contributed by atoms with Gasteiger partial charge in [-0.25, -0.2) is 13.9 Å². The van der Waals surface area contributed by atoms with Crippen molar-refractivity contribution in [1.82, 2.24) is 24.1 Å². The summed E-state index contributed by atoms with van der Waals surface area (Å²) in [7, 11) is 0. The van der Waals surface area contributed by atoms with Crippen molar-refractivity contribution >= 4 is 28.4 Å². The summed E-state index contributed by atoms with van der Waals surface area (Å²) in [6, 6.07) is 13.0. The first-order chi connectivity index (χ1) is 21.2. The molecule has 10 heteroatoms. The van der Waals surface area contributed by atoms with E-state index in [1.54, 1.807) is 12.3 Å². The highest BCUT2D eigenvalue weighted by Gasteiger charge is 2.47. The van der Waals surface area contributed by atoms with Gasteiger partial charge in [-0.1, -0.05) is 6.07 Å².